The molecule has 2 N–H and O–H groups in total. The number of carbonyl (C=O) groups is 2. The van der Waals surface area contributed by atoms with Gasteiger partial charge in [-0.3, -0.25) is 9.59 Å². The Morgan fingerprint density at radius 1 is 1.33 bits per heavy atom. The number of rotatable bonds is 7. The number of halogens is 4. The van der Waals surface area contributed by atoms with E-state index < -0.39 is 30.9 Å². The van der Waals surface area contributed by atoms with E-state index >= 15 is 0 Å². The van der Waals surface area contributed by atoms with Crippen LogP contribution in [0.2, 0.25) is 5.02 Å². The maximum atomic E-state index is 12.2. The lowest BCUT2D eigenvalue weighted by Crippen LogP contribution is -2.17. The number of carboxylic acid groups (broad SMARTS) is 1. The van der Waals surface area contributed by atoms with Crippen LogP contribution in [0.3, 0.4) is 0 Å². The third-order valence-corrected chi connectivity index (χ3v) is 4.24. The molecule has 1 saturated carbocycles. The first kappa shape index (κ1) is 18.6. The van der Waals surface area contributed by atoms with Crippen LogP contribution in [0, 0.1) is 5.92 Å². The third-order valence-electron chi connectivity index (χ3n) is 3.91. The van der Waals surface area contributed by atoms with Crippen molar-refractivity contribution in [1.29, 1.82) is 0 Å². The van der Waals surface area contributed by atoms with Crippen molar-refractivity contribution >= 4 is 29.2 Å². The van der Waals surface area contributed by atoms with Crippen LogP contribution in [0.1, 0.15) is 43.6 Å². The molecule has 0 radical (unpaired) electrons. The van der Waals surface area contributed by atoms with E-state index in [2.05, 4.69) is 5.32 Å². The number of alkyl halides is 3. The Morgan fingerprint density at radius 2 is 2.00 bits per heavy atom. The first-order chi connectivity index (χ1) is 11.2. The highest BCUT2D eigenvalue weighted by molar-refractivity contribution is 6.33. The fraction of sp³-hybridized carbons (Fsp3) is 0.500. The Bertz CT molecular complexity index is 629. The van der Waals surface area contributed by atoms with Gasteiger partial charge in [0.25, 0.3) is 0 Å². The summed E-state index contributed by atoms with van der Waals surface area (Å²) in [5.74, 6) is -1.62. The molecular formula is C16H17ClF3NO3. The van der Waals surface area contributed by atoms with Crippen molar-refractivity contribution in [2.45, 2.75) is 44.2 Å². The van der Waals surface area contributed by atoms with Gasteiger partial charge in [0, 0.05) is 6.42 Å². The lowest BCUT2D eigenvalue weighted by Gasteiger charge is -2.17. The molecule has 1 aliphatic rings. The quantitative estimate of drug-likeness (QED) is 0.744. The molecule has 0 aromatic heterocycles. The maximum absolute atomic E-state index is 12.2. The molecule has 0 spiro atoms. The summed E-state index contributed by atoms with van der Waals surface area (Å²) in [6, 6.07) is 4.77. The molecule has 1 aromatic carbocycles. The van der Waals surface area contributed by atoms with Crippen molar-refractivity contribution in [1.82, 2.24) is 0 Å². The number of hydrogen-bond acceptors (Lipinski definition) is 2. The van der Waals surface area contributed by atoms with Crippen molar-refractivity contribution in [3.05, 3.63) is 28.8 Å². The highest BCUT2D eigenvalue weighted by Gasteiger charge is 2.34. The van der Waals surface area contributed by atoms with Gasteiger partial charge < -0.3 is 10.4 Å². The second-order valence-electron chi connectivity index (χ2n) is 5.94. The van der Waals surface area contributed by atoms with Gasteiger partial charge in [0.2, 0.25) is 5.91 Å². The molecule has 1 atom stereocenters. The van der Waals surface area contributed by atoms with E-state index in [0.717, 1.165) is 18.4 Å². The minimum absolute atomic E-state index is 0.0340. The third kappa shape index (κ3) is 5.70. The van der Waals surface area contributed by atoms with Gasteiger partial charge in [0.05, 0.1) is 23.6 Å². The van der Waals surface area contributed by atoms with Gasteiger partial charge in [-0.25, -0.2) is 0 Å². The monoisotopic (exact) mass is 363 g/mol. The maximum Gasteiger partial charge on any atom is 0.389 e. The van der Waals surface area contributed by atoms with Crippen LogP contribution in [0.25, 0.3) is 0 Å². The van der Waals surface area contributed by atoms with E-state index in [1.165, 1.54) is 6.07 Å². The molecule has 0 aliphatic heterocycles. The lowest BCUT2D eigenvalue weighted by atomic mass is 9.91. The molecule has 4 nitrogen and oxygen atoms in total. The van der Waals surface area contributed by atoms with Crippen LogP contribution >= 0.6 is 11.6 Å². The average molecular weight is 364 g/mol. The summed E-state index contributed by atoms with van der Waals surface area (Å²) < 4.78 is 36.5. The minimum atomic E-state index is -4.40. The van der Waals surface area contributed by atoms with Gasteiger partial charge in [-0.05, 0) is 42.4 Å². The molecule has 24 heavy (non-hydrogen) atoms. The number of carboxylic acids is 1. The molecule has 0 saturated heterocycles. The summed E-state index contributed by atoms with van der Waals surface area (Å²) in [5.41, 5.74) is 0.924. The van der Waals surface area contributed by atoms with Gasteiger partial charge in [0.1, 0.15) is 0 Å². The molecule has 1 fully saturated rings. The van der Waals surface area contributed by atoms with Crippen molar-refractivity contribution in [3.8, 4) is 0 Å². The zero-order valence-electron chi connectivity index (χ0n) is 12.7. The summed E-state index contributed by atoms with van der Waals surface area (Å²) in [5, 5.41) is 11.6. The molecular weight excluding hydrogens is 347 g/mol. The predicted octanol–water partition coefficient (Wildman–Crippen LogP) is 4.59. The molecule has 0 heterocycles. The number of carbonyl (C=O) groups excluding carboxylic acids is 1. The molecule has 0 bridgehead atoms. The number of benzene rings is 1. The zero-order chi connectivity index (χ0) is 17.9. The van der Waals surface area contributed by atoms with Gasteiger partial charge in [0.15, 0.2) is 0 Å². The molecule has 132 valence electrons. The van der Waals surface area contributed by atoms with Crippen molar-refractivity contribution < 1.29 is 27.9 Å². The van der Waals surface area contributed by atoms with Gasteiger partial charge in [-0.1, -0.05) is 17.7 Å². The van der Waals surface area contributed by atoms with Crippen LogP contribution in [-0.2, 0) is 9.59 Å². The summed E-state index contributed by atoms with van der Waals surface area (Å²) in [4.78, 5) is 22.7. The topological polar surface area (TPSA) is 66.4 Å². The van der Waals surface area contributed by atoms with Gasteiger partial charge in [-0.2, -0.15) is 13.2 Å². The Morgan fingerprint density at radius 3 is 2.54 bits per heavy atom. The Kier molecular flexibility index (Phi) is 5.74. The predicted molar refractivity (Wildman–Crippen MR) is 83.1 cm³/mol. The van der Waals surface area contributed by atoms with Gasteiger partial charge in [-0.15, -0.1) is 0 Å². The average Bonchev–Trinajstić information content (AvgIpc) is 3.29. The van der Waals surface area contributed by atoms with Crippen molar-refractivity contribution in [2.24, 2.45) is 5.92 Å². The fourth-order valence-electron chi connectivity index (χ4n) is 2.58. The van der Waals surface area contributed by atoms with Crippen LogP contribution in [0.4, 0.5) is 18.9 Å². The first-order valence-corrected chi connectivity index (χ1v) is 7.91. The molecule has 8 heteroatoms. The number of nitrogens with one attached hydrogen (secondary N) is 1. The minimum Gasteiger partial charge on any atom is -0.481 e. The molecule has 1 amide bonds. The second-order valence-corrected chi connectivity index (χ2v) is 6.35. The largest absolute Gasteiger partial charge is 0.481 e. The van der Waals surface area contributed by atoms with E-state index in [0.29, 0.717) is 0 Å². The smallest absolute Gasteiger partial charge is 0.389 e. The molecule has 1 aromatic rings. The molecule has 1 aliphatic carbocycles. The first-order valence-electron chi connectivity index (χ1n) is 7.53. The van der Waals surface area contributed by atoms with Crippen molar-refractivity contribution in [3.63, 3.8) is 0 Å². The standard InChI is InChI=1S/C16H17ClF3NO3/c17-12-4-3-10(11(8-15(23)24)9-1-2-9)7-13(12)21-14(22)5-6-16(18,19)20/h3-4,7,9,11H,1-2,5-6,8H2,(H,21,22)(H,23,24). The van der Waals surface area contributed by atoms with Crippen LogP contribution in [0.5, 0.6) is 0 Å². The second kappa shape index (κ2) is 7.42. The highest BCUT2D eigenvalue weighted by Crippen LogP contribution is 2.45. The number of aliphatic carboxylic acids is 1. The Balaban J connectivity index is 2.10. The van der Waals surface area contributed by atoms with Gasteiger partial charge >= 0.3 is 12.1 Å². The highest BCUT2D eigenvalue weighted by atomic mass is 35.5. The van der Waals surface area contributed by atoms with Crippen LogP contribution in [-0.4, -0.2) is 23.2 Å². The normalized spacial score (nSPS) is 15.8. The van der Waals surface area contributed by atoms with E-state index in [4.69, 9.17) is 16.7 Å². The molecule has 1 unspecified atom stereocenters. The SMILES string of the molecule is O=C(O)CC(c1ccc(Cl)c(NC(=O)CCC(F)(F)F)c1)C1CC1. The summed E-state index contributed by atoms with van der Waals surface area (Å²) >= 11 is 5.98. The van der Waals surface area contributed by atoms with Crippen LogP contribution in [0.15, 0.2) is 18.2 Å². The number of amides is 1. The summed E-state index contributed by atoms with van der Waals surface area (Å²) in [7, 11) is 0. The number of anilines is 1. The van der Waals surface area contributed by atoms with Crippen molar-refractivity contribution in [2.75, 3.05) is 5.32 Å². The lowest BCUT2D eigenvalue weighted by molar-refractivity contribution is -0.142. The van der Waals surface area contributed by atoms with Crippen LogP contribution < -0.4 is 5.32 Å². The molecule has 2 rings (SSSR count). The summed E-state index contributed by atoms with van der Waals surface area (Å²) in [6.45, 7) is 0. The number of hydrogen-bond donors (Lipinski definition) is 2. The Hall–Kier alpha value is -1.76. The van der Waals surface area contributed by atoms with E-state index in [1.54, 1.807) is 12.1 Å². The van der Waals surface area contributed by atoms with E-state index in [9.17, 15) is 22.8 Å². The van der Waals surface area contributed by atoms with E-state index in [1.807, 2.05) is 0 Å². The Labute approximate surface area is 142 Å². The summed E-state index contributed by atoms with van der Waals surface area (Å²) in [6.07, 6.45) is -4.46. The fourth-order valence-corrected chi connectivity index (χ4v) is 2.75. The zero-order valence-corrected chi connectivity index (χ0v) is 13.5. The van der Waals surface area contributed by atoms with E-state index in [-0.39, 0.29) is 29.0 Å².